The van der Waals surface area contributed by atoms with Crippen molar-refractivity contribution in [3.05, 3.63) is 71.2 Å². The Labute approximate surface area is 270 Å². The Hall–Kier alpha value is -4.16. The molecule has 0 bridgehead atoms. The van der Waals surface area contributed by atoms with Crippen LogP contribution in [0, 0.1) is 5.92 Å². The number of carbonyl (C=O) groups is 2. The number of amides is 2. The summed E-state index contributed by atoms with van der Waals surface area (Å²) < 4.78 is 51.0. The second-order valence-electron chi connectivity index (χ2n) is 10.5. The molecule has 0 radical (unpaired) electrons. The normalized spacial score (nSPS) is 11.8. The number of ether oxygens (including phenoxy) is 4. The van der Waals surface area contributed by atoms with Crippen LogP contribution < -0.4 is 28.6 Å². The summed E-state index contributed by atoms with van der Waals surface area (Å²) in [5.41, 5.74) is 0.715. The van der Waals surface area contributed by atoms with Crippen LogP contribution in [0.4, 0.5) is 5.69 Å². The average Bonchev–Trinajstić information content (AvgIpc) is 3.03. The van der Waals surface area contributed by atoms with Gasteiger partial charge in [-0.3, -0.25) is 13.9 Å². The number of nitrogens with one attached hydrogen (secondary N) is 1. The van der Waals surface area contributed by atoms with Crippen molar-refractivity contribution < 1.29 is 37.0 Å². The zero-order valence-corrected chi connectivity index (χ0v) is 28.1. The molecule has 0 aliphatic rings. The molecule has 0 fully saturated rings. The summed E-state index contributed by atoms with van der Waals surface area (Å²) in [6.07, 6.45) is 0. The number of hydrogen-bond donors (Lipinski definition) is 1. The Morgan fingerprint density at radius 3 is 2.13 bits per heavy atom. The summed E-state index contributed by atoms with van der Waals surface area (Å²) in [6.45, 7) is 5.24. The summed E-state index contributed by atoms with van der Waals surface area (Å²) in [5.74, 6) is 0.395. The van der Waals surface area contributed by atoms with Crippen molar-refractivity contribution >= 4 is 39.1 Å². The fourth-order valence-corrected chi connectivity index (χ4v) is 6.08. The number of methoxy groups -OCH3 is 4. The van der Waals surface area contributed by atoms with Crippen LogP contribution in [-0.2, 0) is 26.2 Å². The Balaban J connectivity index is 2.14. The van der Waals surface area contributed by atoms with Crippen molar-refractivity contribution in [3.63, 3.8) is 0 Å². The molecule has 0 spiro atoms. The highest BCUT2D eigenvalue weighted by Gasteiger charge is 2.34. The van der Waals surface area contributed by atoms with Gasteiger partial charge in [-0.15, -0.1) is 0 Å². The van der Waals surface area contributed by atoms with Gasteiger partial charge in [-0.05, 0) is 60.9 Å². The molecule has 0 saturated heterocycles. The van der Waals surface area contributed by atoms with Gasteiger partial charge in [0.25, 0.3) is 10.0 Å². The maximum Gasteiger partial charge on any atom is 0.265 e. The molecule has 1 N–H and O–H groups in total. The number of sulfonamides is 1. The van der Waals surface area contributed by atoms with Crippen LogP contribution >= 0.6 is 11.6 Å². The molecule has 3 aromatic carbocycles. The van der Waals surface area contributed by atoms with Crippen LogP contribution in [0.3, 0.4) is 0 Å². The minimum absolute atomic E-state index is 0.00320. The van der Waals surface area contributed by atoms with E-state index in [0.717, 1.165) is 4.31 Å². The fourth-order valence-electron chi connectivity index (χ4n) is 4.48. The van der Waals surface area contributed by atoms with E-state index in [0.29, 0.717) is 23.6 Å². The molecule has 1 atom stereocenters. The topological polar surface area (TPSA) is 124 Å². The highest BCUT2D eigenvalue weighted by molar-refractivity contribution is 7.92. The standard InChI is InChI=1S/C32H40ClN3O8S/c1-21(2)18-34-32(38)22(3)35(19-23-9-8-10-25(15-23)41-4)31(37)20-36(27-16-24(33)11-13-28(27)42-5)45(39,40)26-12-14-29(43-6)30(17-26)44-7/h8-17,21-22H,18-20H2,1-7H3,(H,34,38)/t22-/m0/s1. The average molecular weight is 662 g/mol. The van der Waals surface area contributed by atoms with E-state index in [4.69, 9.17) is 30.5 Å². The third-order valence-electron chi connectivity index (χ3n) is 6.97. The first-order valence-electron chi connectivity index (χ1n) is 14.1. The Bertz CT molecular complexity index is 1600. The Kier molecular flexibility index (Phi) is 12.3. The lowest BCUT2D eigenvalue weighted by atomic mass is 10.1. The number of hydrogen-bond acceptors (Lipinski definition) is 8. The summed E-state index contributed by atoms with van der Waals surface area (Å²) in [7, 11) is 1.28. The molecule has 0 saturated carbocycles. The van der Waals surface area contributed by atoms with Crippen molar-refractivity contribution in [1.82, 2.24) is 10.2 Å². The van der Waals surface area contributed by atoms with E-state index in [2.05, 4.69) is 5.32 Å². The molecule has 13 heteroatoms. The van der Waals surface area contributed by atoms with Crippen LogP contribution in [0.15, 0.2) is 65.6 Å². The first-order valence-corrected chi connectivity index (χ1v) is 16.0. The van der Waals surface area contributed by atoms with Crippen LogP contribution in [0.25, 0.3) is 0 Å². The van der Waals surface area contributed by atoms with Gasteiger partial charge in [-0.2, -0.15) is 0 Å². The predicted molar refractivity (Wildman–Crippen MR) is 173 cm³/mol. The van der Waals surface area contributed by atoms with Crippen LogP contribution in [0.1, 0.15) is 26.3 Å². The monoisotopic (exact) mass is 661 g/mol. The molecule has 3 rings (SSSR count). The molecule has 45 heavy (non-hydrogen) atoms. The van der Waals surface area contributed by atoms with E-state index in [1.54, 1.807) is 37.3 Å². The van der Waals surface area contributed by atoms with Crippen molar-refractivity contribution in [2.24, 2.45) is 5.92 Å². The van der Waals surface area contributed by atoms with E-state index >= 15 is 0 Å². The second kappa shape index (κ2) is 15.7. The molecule has 11 nitrogen and oxygen atoms in total. The SMILES string of the molecule is COc1cccc(CN(C(=O)CN(c2cc(Cl)ccc2OC)S(=O)(=O)c2ccc(OC)c(OC)c2)[C@@H](C)C(=O)NCC(C)C)c1. The molecule has 0 aliphatic heterocycles. The van der Waals surface area contributed by atoms with Gasteiger partial charge in [0.1, 0.15) is 24.1 Å². The van der Waals surface area contributed by atoms with Gasteiger partial charge < -0.3 is 29.2 Å². The zero-order valence-electron chi connectivity index (χ0n) is 26.5. The van der Waals surface area contributed by atoms with E-state index in [9.17, 15) is 18.0 Å². The second-order valence-corrected chi connectivity index (χ2v) is 12.8. The lowest BCUT2D eigenvalue weighted by Crippen LogP contribution is -2.51. The molecule has 2 amide bonds. The van der Waals surface area contributed by atoms with Crippen molar-refractivity contribution in [3.8, 4) is 23.0 Å². The van der Waals surface area contributed by atoms with Gasteiger partial charge >= 0.3 is 0 Å². The van der Waals surface area contributed by atoms with Crippen LogP contribution in [0.5, 0.6) is 23.0 Å². The predicted octanol–water partition coefficient (Wildman–Crippen LogP) is 4.76. The quantitative estimate of drug-likeness (QED) is 0.247. The zero-order chi connectivity index (χ0) is 33.3. The Morgan fingerprint density at radius 1 is 0.844 bits per heavy atom. The molecular weight excluding hydrogens is 622 g/mol. The van der Waals surface area contributed by atoms with Gasteiger partial charge in [0.05, 0.1) is 39.0 Å². The third-order valence-corrected chi connectivity index (χ3v) is 8.96. The molecule has 0 heterocycles. The van der Waals surface area contributed by atoms with E-state index in [1.807, 2.05) is 13.8 Å². The number of carbonyl (C=O) groups excluding carboxylic acids is 2. The number of halogens is 1. The van der Waals surface area contributed by atoms with Gasteiger partial charge in [0.15, 0.2) is 11.5 Å². The Morgan fingerprint density at radius 2 is 1.51 bits per heavy atom. The first-order chi connectivity index (χ1) is 21.4. The maximum absolute atomic E-state index is 14.3. The minimum Gasteiger partial charge on any atom is -0.497 e. The largest absolute Gasteiger partial charge is 0.497 e. The molecule has 0 aliphatic carbocycles. The van der Waals surface area contributed by atoms with Gasteiger partial charge in [0, 0.05) is 24.2 Å². The van der Waals surface area contributed by atoms with Crippen LogP contribution in [-0.4, -0.2) is 72.7 Å². The van der Waals surface area contributed by atoms with Crippen molar-refractivity contribution in [2.45, 2.75) is 38.3 Å². The van der Waals surface area contributed by atoms with Gasteiger partial charge in [0.2, 0.25) is 11.8 Å². The van der Waals surface area contributed by atoms with E-state index in [-0.39, 0.29) is 45.5 Å². The molecule has 244 valence electrons. The van der Waals surface area contributed by atoms with Gasteiger partial charge in [-0.1, -0.05) is 37.6 Å². The summed E-state index contributed by atoms with van der Waals surface area (Å²) >= 11 is 6.31. The van der Waals surface area contributed by atoms with Gasteiger partial charge in [-0.25, -0.2) is 8.42 Å². The summed E-state index contributed by atoms with van der Waals surface area (Å²) in [6, 6.07) is 14.7. The van der Waals surface area contributed by atoms with Crippen molar-refractivity contribution in [2.75, 3.05) is 45.8 Å². The fraction of sp³-hybridized carbons (Fsp3) is 0.375. The molecular formula is C32H40ClN3O8S. The highest BCUT2D eigenvalue weighted by atomic mass is 35.5. The van der Waals surface area contributed by atoms with E-state index < -0.39 is 28.5 Å². The number of anilines is 1. The number of nitrogens with zero attached hydrogens (tertiary/aromatic N) is 2. The maximum atomic E-state index is 14.3. The smallest absolute Gasteiger partial charge is 0.265 e. The number of rotatable bonds is 15. The highest BCUT2D eigenvalue weighted by Crippen LogP contribution is 2.37. The summed E-state index contributed by atoms with van der Waals surface area (Å²) in [4.78, 5) is 28.6. The first kappa shape index (κ1) is 35.3. The number of benzene rings is 3. The summed E-state index contributed by atoms with van der Waals surface area (Å²) in [5, 5.41) is 3.09. The van der Waals surface area contributed by atoms with E-state index in [1.165, 1.54) is 63.7 Å². The van der Waals surface area contributed by atoms with Crippen LogP contribution in [0.2, 0.25) is 5.02 Å². The minimum atomic E-state index is -4.45. The lowest BCUT2D eigenvalue weighted by Gasteiger charge is -2.32. The third kappa shape index (κ3) is 8.73. The molecule has 3 aromatic rings. The molecule has 0 aromatic heterocycles. The molecule has 0 unspecified atom stereocenters. The lowest BCUT2D eigenvalue weighted by molar-refractivity contribution is -0.139. The van der Waals surface area contributed by atoms with Crippen molar-refractivity contribution in [1.29, 1.82) is 0 Å².